The average molecular weight is 1100 g/mol. The predicted molar refractivity (Wildman–Crippen MR) is 277 cm³/mol. The van der Waals surface area contributed by atoms with Gasteiger partial charge in [-0.15, -0.1) is 0 Å². The van der Waals surface area contributed by atoms with Crippen LogP contribution in [-0.2, 0) is 38.4 Å². The maximum absolute atomic E-state index is 13.6. The Kier molecular flexibility index (Phi) is 21.6. The van der Waals surface area contributed by atoms with Gasteiger partial charge in [-0.2, -0.15) is 0 Å². The summed E-state index contributed by atoms with van der Waals surface area (Å²) in [6, 6.07) is 5.96. The first kappa shape index (κ1) is 64.6. The van der Waals surface area contributed by atoms with Crippen molar-refractivity contribution in [2.45, 2.75) is 157 Å². The zero-order valence-corrected chi connectivity index (χ0v) is 49.1. The molecular formula is C60H74Mg2N2O14. The van der Waals surface area contributed by atoms with Crippen LogP contribution in [0.25, 0.3) is 0 Å². The van der Waals surface area contributed by atoms with E-state index in [0.29, 0.717) is 64.2 Å². The van der Waals surface area contributed by atoms with E-state index in [1.807, 2.05) is 13.8 Å². The first-order valence-corrected chi connectivity index (χ1v) is 27.6. The van der Waals surface area contributed by atoms with Gasteiger partial charge in [0, 0.05) is 122 Å². The zero-order chi connectivity index (χ0) is 55.7. The van der Waals surface area contributed by atoms with Crippen molar-refractivity contribution in [1.82, 2.24) is 9.97 Å². The number of aromatic carboxylic acids is 2. The first-order valence-electron chi connectivity index (χ1n) is 27.6. The molecule has 18 heteroatoms. The maximum atomic E-state index is 13.6. The summed E-state index contributed by atoms with van der Waals surface area (Å²) in [6.07, 6.45) is 15.7. The molecule has 0 aliphatic heterocycles. The number of rotatable bonds is 10. The van der Waals surface area contributed by atoms with Crippen LogP contribution in [0.15, 0.2) is 49.1 Å². The number of pyridine rings is 2. The predicted octanol–water partition coefficient (Wildman–Crippen LogP) is 3.61. The molecule has 412 valence electrons. The van der Waals surface area contributed by atoms with Crippen molar-refractivity contribution in [3.63, 3.8) is 0 Å². The molecule has 2 heterocycles. The van der Waals surface area contributed by atoms with Crippen LogP contribution in [0.5, 0.6) is 0 Å². The molecule has 0 aromatic carbocycles. The van der Waals surface area contributed by atoms with Crippen molar-refractivity contribution in [1.29, 1.82) is 0 Å². The Morgan fingerprint density at radius 3 is 1.19 bits per heavy atom. The molecule has 78 heavy (non-hydrogen) atoms. The van der Waals surface area contributed by atoms with Crippen LogP contribution < -0.4 is 20.4 Å². The molecule has 8 fully saturated rings. The normalized spacial score (nSPS) is 35.8. The van der Waals surface area contributed by atoms with E-state index in [4.69, 9.17) is 0 Å². The quantitative estimate of drug-likeness (QED) is 0.307. The maximum Gasteiger partial charge on any atom is 2.00 e. The number of carboxylic acid groups (broad SMARTS) is 4. The molecule has 0 saturated heterocycles. The summed E-state index contributed by atoms with van der Waals surface area (Å²) < 4.78 is 0. The van der Waals surface area contributed by atoms with Crippen LogP contribution in [0.4, 0.5) is 0 Å². The molecule has 16 nitrogen and oxygen atoms in total. The number of nitrogens with zero attached hydrogens (tertiary/aromatic N) is 2. The van der Waals surface area contributed by atoms with E-state index in [-0.39, 0.29) is 187 Å². The summed E-state index contributed by atoms with van der Waals surface area (Å²) in [6.45, 7) is 12.6. The fourth-order valence-corrected chi connectivity index (χ4v) is 16.8. The monoisotopic (exact) mass is 1090 g/mol. The summed E-state index contributed by atoms with van der Waals surface area (Å²) in [7, 11) is 0. The molecule has 6 unspecified atom stereocenters. The number of aliphatic carboxylic acids is 2. The Labute approximate surface area is 489 Å². The molecular weight excluding hydrogens is 1020 g/mol. The average Bonchev–Trinajstić information content (AvgIpc) is 3.96. The van der Waals surface area contributed by atoms with E-state index < -0.39 is 34.7 Å². The molecule has 0 radical (unpaired) electrons. The molecule has 8 saturated carbocycles. The molecule has 0 spiro atoms. The summed E-state index contributed by atoms with van der Waals surface area (Å²) >= 11 is 0. The van der Waals surface area contributed by atoms with Gasteiger partial charge in [0.05, 0.1) is 11.9 Å². The Morgan fingerprint density at radius 2 is 0.897 bits per heavy atom. The molecule has 8 aliphatic carbocycles. The van der Waals surface area contributed by atoms with Crippen LogP contribution in [0.2, 0.25) is 0 Å². The van der Waals surface area contributed by atoms with Crippen LogP contribution in [-0.4, -0.2) is 115 Å². The summed E-state index contributed by atoms with van der Waals surface area (Å²) in [5.41, 5.74) is -1.04. The van der Waals surface area contributed by atoms with Crippen LogP contribution in [0, 0.1) is 92.7 Å². The molecule has 2 aromatic rings. The first-order chi connectivity index (χ1) is 35.8. The smallest absolute Gasteiger partial charge is 0.550 e. The largest absolute Gasteiger partial charge is 2.00 e. The third-order valence-corrected chi connectivity index (χ3v) is 21.2. The second-order valence-electron chi connectivity index (χ2n) is 24.7. The zero-order valence-electron chi connectivity index (χ0n) is 46.3. The van der Waals surface area contributed by atoms with Crippen molar-refractivity contribution >= 4 is 105 Å². The van der Waals surface area contributed by atoms with E-state index in [9.17, 15) is 68.4 Å². The summed E-state index contributed by atoms with van der Waals surface area (Å²) in [5.74, 6) is -2.12. The molecule has 8 aliphatic rings. The summed E-state index contributed by atoms with van der Waals surface area (Å²) in [4.78, 5) is 127. The number of carboxylic acids is 4. The van der Waals surface area contributed by atoms with Gasteiger partial charge in [-0.25, -0.2) is 0 Å². The SMILES string of the molecule is C[C@H](CCC(=O)[O-])[C@H]1CCC2C3C(=O)C[C@@H]4CC(=O)CC[C@]4(C)C3CC(=O)[C@@]21C.C[C@H](CCC(=O)[O-])[C@H]1CCC2C3C(=O)C[C@@H]4CC(=O)CC[C@]4(C)C3CC(=O)[C@@]21C.O=C([O-])c1cccnc1.O=C([O-])c1cccnc1.[Mg+2].[Mg+2]. The second kappa shape index (κ2) is 26.1. The van der Waals surface area contributed by atoms with E-state index in [0.717, 1.165) is 38.5 Å². The van der Waals surface area contributed by atoms with Crippen molar-refractivity contribution in [2.24, 2.45) is 92.7 Å². The van der Waals surface area contributed by atoms with Crippen molar-refractivity contribution in [3.05, 3.63) is 60.2 Å². The van der Waals surface area contributed by atoms with E-state index in [1.54, 1.807) is 12.1 Å². The molecule has 10 rings (SSSR count). The molecule has 0 N–H and O–H groups in total. The number of carbonyl (C=O) groups excluding carboxylic acids is 10. The van der Waals surface area contributed by atoms with Gasteiger partial charge in [0.15, 0.2) is 0 Å². The minimum absolute atomic E-state index is 0. The molecule has 16 atom stereocenters. The van der Waals surface area contributed by atoms with Gasteiger partial charge in [0.2, 0.25) is 0 Å². The number of Topliss-reactive ketones (excluding diaryl/α,β-unsaturated/α-hetero) is 6. The van der Waals surface area contributed by atoms with Crippen LogP contribution in [0.1, 0.15) is 178 Å². The van der Waals surface area contributed by atoms with E-state index in [1.165, 1.54) is 36.9 Å². The standard InChI is InChI=1S/2C24H34O5.2C6H5NO2.2Mg/c2*1-13(4-7-21(28)29)16-5-6-17-22-18(12-20(27)24(16,17)3)23(2)9-8-15(25)10-14(23)11-19(22)26;2*8-6(9)5-2-1-3-7-4-5;;/h2*13-14,16-18,22H,4-12H2,1-3H3,(H,28,29);2*1-4H,(H,8,9);;/q;;;;2*+2/p-4/t2*13-,14+,16-,17?,18?,22?,23+,24-;;;;/m11..../s1. The summed E-state index contributed by atoms with van der Waals surface area (Å²) in [5, 5.41) is 41.9. The minimum Gasteiger partial charge on any atom is -0.550 e. The van der Waals surface area contributed by atoms with Gasteiger partial charge in [-0.1, -0.05) is 53.7 Å². The van der Waals surface area contributed by atoms with Gasteiger partial charge < -0.3 is 39.6 Å². The second-order valence-corrected chi connectivity index (χ2v) is 24.7. The number of ketones is 6. The third-order valence-electron chi connectivity index (χ3n) is 21.2. The Balaban J connectivity index is 0.000000214. The Hall–Kier alpha value is -4.27. The fourth-order valence-electron chi connectivity index (χ4n) is 16.8. The number of fused-ring (bicyclic) bond motifs is 10. The van der Waals surface area contributed by atoms with Crippen LogP contribution >= 0.6 is 0 Å². The van der Waals surface area contributed by atoms with E-state index in [2.05, 4.69) is 37.7 Å². The van der Waals surface area contributed by atoms with Gasteiger partial charge in [-0.05, 0) is 146 Å². The number of hydrogen-bond acceptors (Lipinski definition) is 16. The van der Waals surface area contributed by atoms with Gasteiger partial charge in [-0.3, -0.25) is 38.7 Å². The molecule has 0 amide bonds. The molecule has 0 bridgehead atoms. The van der Waals surface area contributed by atoms with Crippen molar-refractivity contribution in [3.8, 4) is 0 Å². The topological polar surface area (TPSA) is 289 Å². The third kappa shape index (κ3) is 12.8. The van der Waals surface area contributed by atoms with Gasteiger partial charge >= 0.3 is 46.1 Å². The van der Waals surface area contributed by atoms with E-state index >= 15 is 0 Å². The number of aromatic nitrogens is 2. The Bertz CT molecular complexity index is 2420. The van der Waals surface area contributed by atoms with Gasteiger partial charge in [0.25, 0.3) is 0 Å². The van der Waals surface area contributed by atoms with Crippen molar-refractivity contribution in [2.75, 3.05) is 0 Å². The fraction of sp³-hybridized carbons (Fsp3) is 0.667. The van der Waals surface area contributed by atoms with Gasteiger partial charge in [0.1, 0.15) is 34.7 Å². The van der Waals surface area contributed by atoms with Crippen molar-refractivity contribution < 1.29 is 68.4 Å². The van der Waals surface area contributed by atoms with Crippen LogP contribution in [0.3, 0.4) is 0 Å². The molecule has 2 aromatic heterocycles. The number of carbonyl (C=O) groups is 10. The Morgan fingerprint density at radius 1 is 0.538 bits per heavy atom. The minimum atomic E-state index is -1.19. The number of hydrogen-bond donors (Lipinski definition) is 0.